The van der Waals surface area contributed by atoms with Crippen LogP contribution in [0.4, 0.5) is 28.4 Å². The second-order valence-corrected chi connectivity index (χ2v) is 10.5. The predicted octanol–water partition coefficient (Wildman–Crippen LogP) is 4.83. The molecule has 3 aromatic rings. The van der Waals surface area contributed by atoms with E-state index < -0.39 is 11.7 Å². The second-order valence-electron chi connectivity index (χ2n) is 10.5. The zero-order valence-electron chi connectivity index (χ0n) is 22.9. The first-order chi connectivity index (χ1) is 19.5. The van der Waals surface area contributed by atoms with Crippen LogP contribution in [0.5, 0.6) is 5.75 Å². The summed E-state index contributed by atoms with van der Waals surface area (Å²) in [5, 5.41) is 7.03. The largest absolute Gasteiger partial charge is 0.496 e. The van der Waals surface area contributed by atoms with E-state index in [0.29, 0.717) is 30.3 Å². The number of rotatable bonds is 5. The maximum atomic E-state index is 13.9. The number of anilines is 4. The highest BCUT2D eigenvalue weighted by atomic mass is 16.5. The van der Waals surface area contributed by atoms with Crippen molar-refractivity contribution in [1.29, 1.82) is 0 Å². The van der Waals surface area contributed by atoms with Crippen molar-refractivity contribution in [3.8, 4) is 5.75 Å². The van der Waals surface area contributed by atoms with Crippen LogP contribution in [0.3, 0.4) is 0 Å². The molecule has 0 bridgehead atoms. The van der Waals surface area contributed by atoms with Crippen LogP contribution >= 0.6 is 0 Å². The minimum Gasteiger partial charge on any atom is -0.496 e. The van der Waals surface area contributed by atoms with Crippen LogP contribution in [-0.4, -0.2) is 67.2 Å². The zero-order chi connectivity index (χ0) is 27.7. The lowest BCUT2D eigenvalue weighted by Crippen LogP contribution is -2.58. The summed E-state index contributed by atoms with van der Waals surface area (Å²) in [5.74, 6) is -0.686. The summed E-state index contributed by atoms with van der Waals surface area (Å²) in [6.07, 6.45) is 5.10. The SMILES string of the molecule is COc1cc(N2CCCCc3ccccc32)ccc1C(=O)[N+](=C=O)c1cccc2c1NC(C)(N1CCOCC1)N2. The molecule has 3 aliphatic rings. The maximum absolute atomic E-state index is 13.9. The molecule has 1 saturated heterocycles. The summed E-state index contributed by atoms with van der Waals surface area (Å²) < 4.78 is 12.2. The Labute approximate surface area is 234 Å². The topological polar surface area (TPSA) is 86.2 Å². The van der Waals surface area contributed by atoms with Crippen LogP contribution in [0.1, 0.15) is 35.7 Å². The fourth-order valence-electron chi connectivity index (χ4n) is 5.97. The number of morpholine rings is 1. The van der Waals surface area contributed by atoms with Gasteiger partial charge in [0, 0.05) is 43.1 Å². The van der Waals surface area contributed by atoms with Crippen LogP contribution in [0.25, 0.3) is 0 Å². The van der Waals surface area contributed by atoms with Gasteiger partial charge in [-0.2, -0.15) is 4.79 Å². The monoisotopic (exact) mass is 540 g/mol. The molecule has 1 amide bonds. The van der Waals surface area contributed by atoms with Crippen molar-refractivity contribution in [1.82, 2.24) is 4.90 Å². The van der Waals surface area contributed by atoms with Gasteiger partial charge >= 0.3 is 12.0 Å². The van der Waals surface area contributed by atoms with Gasteiger partial charge in [0.1, 0.15) is 17.0 Å². The quantitative estimate of drug-likeness (QED) is 0.270. The molecular weight excluding hydrogens is 506 g/mol. The van der Waals surface area contributed by atoms with Crippen molar-refractivity contribution in [3.05, 3.63) is 71.8 Å². The van der Waals surface area contributed by atoms with Crippen molar-refractivity contribution in [2.45, 2.75) is 32.0 Å². The van der Waals surface area contributed by atoms with Crippen LogP contribution in [-0.2, 0) is 16.0 Å². The molecule has 1 atom stereocenters. The third kappa shape index (κ3) is 4.62. The number of hydrogen-bond acceptors (Lipinski definition) is 8. The smallest absolute Gasteiger partial charge is 0.440 e. The highest BCUT2D eigenvalue weighted by molar-refractivity contribution is 5.96. The van der Waals surface area contributed by atoms with Crippen molar-refractivity contribution < 1.29 is 23.6 Å². The van der Waals surface area contributed by atoms with E-state index in [4.69, 9.17) is 9.47 Å². The van der Waals surface area contributed by atoms with Gasteiger partial charge in [-0.3, -0.25) is 4.90 Å². The summed E-state index contributed by atoms with van der Waals surface area (Å²) in [4.78, 5) is 30.7. The highest BCUT2D eigenvalue weighted by Crippen LogP contribution is 2.43. The van der Waals surface area contributed by atoms with Gasteiger partial charge in [-0.05, 0) is 60.6 Å². The number of aryl methyl sites for hydroxylation is 1. The van der Waals surface area contributed by atoms with Gasteiger partial charge in [0.25, 0.3) is 5.69 Å². The van der Waals surface area contributed by atoms with Crippen LogP contribution in [0.2, 0.25) is 0 Å². The normalized spacial score (nSPS) is 20.3. The summed E-state index contributed by atoms with van der Waals surface area (Å²) >= 11 is 0. The Morgan fingerprint density at radius 1 is 1.02 bits per heavy atom. The second kappa shape index (κ2) is 10.8. The molecule has 1 fully saturated rings. The number of carbonyl (C=O) groups excluding carboxylic acids is 2. The van der Waals surface area contributed by atoms with Crippen LogP contribution in [0, 0.1) is 0 Å². The Hall–Kier alpha value is -4.17. The molecule has 0 radical (unpaired) electrons. The number of ether oxygens (including phenoxy) is 2. The van der Waals surface area contributed by atoms with E-state index in [1.54, 1.807) is 19.2 Å². The Morgan fingerprint density at radius 3 is 2.65 bits per heavy atom. The van der Waals surface area contributed by atoms with Gasteiger partial charge in [-0.15, -0.1) is 0 Å². The molecule has 2 N–H and O–H groups in total. The summed E-state index contributed by atoms with van der Waals surface area (Å²) in [6, 6.07) is 19.5. The van der Waals surface area contributed by atoms with Gasteiger partial charge in [0.15, 0.2) is 5.79 Å². The highest BCUT2D eigenvalue weighted by Gasteiger charge is 2.42. The lowest BCUT2D eigenvalue weighted by Gasteiger charge is -2.40. The summed E-state index contributed by atoms with van der Waals surface area (Å²) in [7, 11) is 1.54. The minimum atomic E-state index is -0.581. The first kappa shape index (κ1) is 26.1. The van der Waals surface area contributed by atoms with Crippen molar-refractivity contribution in [2.75, 3.05) is 55.5 Å². The van der Waals surface area contributed by atoms with Crippen molar-refractivity contribution >= 4 is 40.4 Å². The molecular formula is C31H34N5O4+. The molecule has 0 aliphatic carbocycles. The third-order valence-corrected chi connectivity index (χ3v) is 8.06. The minimum absolute atomic E-state index is 0.289. The third-order valence-electron chi connectivity index (χ3n) is 8.06. The number of nitrogens with one attached hydrogen (secondary N) is 2. The van der Waals surface area contributed by atoms with Gasteiger partial charge in [0.2, 0.25) is 0 Å². The molecule has 40 heavy (non-hydrogen) atoms. The molecule has 0 aromatic heterocycles. The molecule has 6 rings (SSSR count). The Balaban J connectivity index is 1.32. The number of methoxy groups -OCH3 is 1. The maximum Gasteiger partial charge on any atom is 0.440 e. The number of nitrogens with zero attached hydrogens (tertiary/aromatic N) is 3. The van der Waals surface area contributed by atoms with E-state index in [1.807, 2.05) is 37.3 Å². The Morgan fingerprint density at radius 2 is 1.85 bits per heavy atom. The predicted molar refractivity (Wildman–Crippen MR) is 154 cm³/mol. The number of benzene rings is 3. The van der Waals surface area contributed by atoms with Crippen LogP contribution < -0.4 is 20.3 Å². The number of isocyanates is 1. The Bertz CT molecular complexity index is 1490. The molecule has 9 heteroatoms. The lowest BCUT2D eigenvalue weighted by molar-refractivity contribution is -0.331. The summed E-state index contributed by atoms with van der Waals surface area (Å²) in [6.45, 7) is 5.72. The molecule has 0 spiro atoms. The van der Waals surface area contributed by atoms with Gasteiger partial charge in [-0.25, -0.2) is 4.79 Å². The molecule has 1 unspecified atom stereocenters. The van der Waals surface area contributed by atoms with Gasteiger partial charge in [0.05, 0.1) is 26.0 Å². The average molecular weight is 541 g/mol. The van der Waals surface area contributed by atoms with Crippen molar-refractivity contribution in [3.63, 3.8) is 0 Å². The average Bonchev–Trinajstić information content (AvgIpc) is 3.21. The van der Waals surface area contributed by atoms with Crippen LogP contribution in [0.15, 0.2) is 60.7 Å². The van der Waals surface area contributed by atoms with E-state index in [0.717, 1.165) is 54.8 Å². The lowest BCUT2D eigenvalue weighted by atomic mass is 10.1. The molecule has 206 valence electrons. The molecule has 0 saturated carbocycles. The summed E-state index contributed by atoms with van der Waals surface area (Å²) in [5.41, 5.74) is 5.62. The molecule has 3 aliphatic heterocycles. The number of fused-ring (bicyclic) bond motifs is 2. The van der Waals surface area contributed by atoms with E-state index in [9.17, 15) is 9.59 Å². The number of para-hydroxylation sites is 2. The van der Waals surface area contributed by atoms with E-state index in [1.165, 1.54) is 11.3 Å². The molecule has 3 heterocycles. The van der Waals surface area contributed by atoms with E-state index in [2.05, 4.69) is 44.7 Å². The Kier molecular flexibility index (Phi) is 7.02. The zero-order valence-corrected chi connectivity index (χ0v) is 22.9. The standard InChI is InChI=1S/C31H34N5O4/c1-31(34-16-18-40-19-17-34)32-25-10-7-12-27(29(25)33-31)36(21-37)30(38)24-14-13-23(20-28(24)39-2)35-15-6-5-9-22-8-3-4-11-26(22)35/h3-4,7-8,10-14,20,32-33H,5-6,9,15-19H2,1-2H3/q+1. The van der Waals surface area contributed by atoms with E-state index in [-0.39, 0.29) is 5.56 Å². The first-order valence-corrected chi connectivity index (χ1v) is 13.8. The van der Waals surface area contributed by atoms with Gasteiger partial charge < -0.3 is 25.0 Å². The molecule has 3 aromatic carbocycles. The fourth-order valence-corrected chi connectivity index (χ4v) is 5.97. The van der Waals surface area contributed by atoms with E-state index >= 15 is 0 Å². The van der Waals surface area contributed by atoms with Crippen molar-refractivity contribution in [2.24, 2.45) is 0 Å². The number of carbonyl (C=O) groups is 1. The fraction of sp³-hybridized carbons (Fsp3) is 0.355. The molecule has 9 nitrogen and oxygen atoms in total. The number of amides is 1. The van der Waals surface area contributed by atoms with Gasteiger partial charge in [-0.1, -0.05) is 24.3 Å². The number of hydrogen-bond donors (Lipinski definition) is 2. The first-order valence-electron chi connectivity index (χ1n) is 13.8.